The van der Waals surface area contributed by atoms with Gasteiger partial charge in [0.05, 0.1) is 23.6 Å². The van der Waals surface area contributed by atoms with E-state index < -0.39 is 0 Å². The SMILES string of the molecule is CN=C(NCCn1cnc2ccccc21)N1CCN(C(=O)c2ccco2)CC1.I. The van der Waals surface area contributed by atoms with Crippen LogP contribution in [-0.2, 0) is 6.54 Å². The molecule has 2 aromatic heterocycles. The number of carbonyl (C=O) groups is 1. The minimum atomic E-state index is -0.0559. The molecule has 29 heavy (non-hydrogen) atoms. The first-order valence-corrected chi connectivity index (χ1v) is 9.44. The van der Waals surface area contributed by atoms with E-state index >= 15 is 0 Å². The zero-order chi connectivity index (χ0) is 19.3. The van der Waals surface area contributed by atoms with Gasteiger partial charge in [-0.15, -0.1) is 24.0 Å². The molecule has 1 N–H and O–H groups in total. The quantitative estimate of drug-likeness (QED) is 0.333. The van der Waals surface area contributed by atoms with Crippen LogP contribution in [0.15, 0.2) is 58.4 Å². The van der Waals surface area contributed by atoms with Crippen molar-refractivity contribution in [2.75, 3.05) is 39.8 Å². The summed E-state index contributed by atoms with van der Waals surface area (Å²) in [7, 11) is 1.79. The van der Waals surface area contributed by atoms with E-state index in [9.17, 15) is 4.79 Å². The van der Waals surface area contributed by atoms with E-state index in [0.717, 1.165) is 43.2 Å². The highest BCUT2D eigenvalue weighted by Crippen LogP contribution is 2.12. The fraction of sp³-hybridized carbons (Fsp3) is 0.350. The van der Waals surface area contributed by atoms with E-state index in [4.69, 9.17) is 4.42 Å². The topological polar surface area (TPSA) is 78.9 Å². The average molecular weight is 508 g/mol. The number of halogens is 1. The van der Waals surface area contributed by atoms with E-state index in [0.29, 0.717) is 18.8 Å². The predicted octanol–water partition coefficient (Wildman–Crippen LogP) is 2.28. The Morgan fingerprint density at radius 2 is 1.90 bits per heavy atom. The molecule has 0 radical (unpaired) electrons. The standard InChI is InChI=1S/C20H24N6O2.HI/c1-21-20(22-8-9-26-15-23-16-5-2-3-6-17(16)26)25-12-10-24(11-13-25)19(27)18-7-4-14-28-18;/h2-7,14-15H,8-13H2,1H3,(H,21,22);1H. The number of rotatable bonds is 4. The number of fused-ring (bicyclic) bond motifs is 1. The summed E-state index contributed by atoms with van der Waals surface area (Å²) < 4.78 is 7.35. The lowest BCUT2D eigenvalue weighted by molar-refractivity contribution is 0.0657. The fourth-order valence-corrected chi connectivity index (χ4v) is 3.49. The molecule has 0 saturated carbocycles. The second-order valence-electron chi connectivity index (χ2n) is 6.66. The van der Waals surface area contributed by atoms with Gasteiger partial charge in [-0.3, -0.25) is 9.79 Å². The molecule has 1 amide bonds. The van der Waals surface area contributed by atoms with Crippen molar-refractivity contribution in [3.63, 3.8) is 0 Å². The molecule has 1 aromatic carbocycles. The van der Waals surface area contributed by atoms with Gasteiger partial charge in [-0.2, -0.15) is 0 Å². The maximum absolute atomic E-state index is 12.4. The molecule has 1 aliphatic heterocycles. The molecule has 0 atom stereocenters. The average Bonchev–Trinajstić information content (AvgIpc) is 3.41. The fourth-order valence-electron chi connectivity index (χ4n) is 3.49. The van der Waals surface area contributed by atoms with Crippen molar-refractivity contribution in [2.24, 2.45) is 4.99 Å². The van der Waals surface area contributed by atoms with Gasteiger partial charge in [0, 0.05) is 46.3 Å². The van der Waals surface area contributed by atoms with Crippen LogP contribution in [0.2, 0.25) is 0 Å². The number of imidazole rings is 1. The smallest absolute Gasteiger partial charge is 0.289 e. The molecule has 9 heteroatoms. The molecule has 1 fully saturated rings. The van der Waals surface area contributed by atoms with Gasteiger partial charge in [-0.1, -0.05) is 12.1 Å². The molecule has 0 unspecified atom stereocenters. The number of guanidine groups is 1. The molecule has 1 aliphatic rings. The van der Waals surface area contributed by atoms with Crippen LogP contribution in [0.4, 0.5) is 0 Å². The first-order chi connectivity index (χ1) is 13.8. The summed E-state index contributed by atoms with van der Waals surface area (Å²) in [6.45, 7) is 4.31. The molecule has 0 bridgehead atoms. The summed E-state index contributed by atoms with van der Waals surface area (Å²) in [5, 5.41) is 3.42. The highest BCUT2D eigenvalue weighted by Gasteiger charge is 2.25. The summed E-state index contributed by atoms with van der Waals surface area (Å²) >= 11 is 0. The molecule has 8 nitrogen and oxygen atoms in total. The Morgan fingerprint density at radius 3 is 2.62 bits per heavy atom. The van der Waals surface area contributed by atoms with Gasteiger partial charge in [-0.05, 0) is 24.3 Å². The molecule has 4 rings (SSSR count). The summed E-state index contributed by atoms with van der Waals surface area (Å²) in [6.07, 6.45) is 3.40. The zero-order valence-corrected chi connectivity index (χ0v) is 18.7. The molecule has 3 heterocycles. The van der Waals surface area contributed by atoms with Gasteiger partial charge in [0.25, 0.3) is 5.91 Å². The van der Waals surface area contributed by atoms with Gasteiger partial charge in [0.1, 0.15) is 0 Å². The number of nitrogens with one attached hydrogen (secondary N) is 1. The van der Waals surface area contributed by atoms with Gasteiger partial charge in [0.15, 0.2) is 11.7 Å². The van der Waals surface area contributed by atoms with Crippen molar-refractivity contribution in [1.82, 2.24) is 24.7 Å². The minimum absolute atomic E-state index is 0. The first-order valence-electron chi connectivity index (χ1n) is 9.44. The Kier molecular flexibility index (Phi) is 7.13. The molecular weight excluding hydrogens is 483 g/mol. The van der Waals surface area contributed by atoms with Crippen LogP contribution in [0.5, 0.6) is 0 Å². The van der Waals surface area contributed by atoms with Crippen molar-refractivity contribution in [2.45, 2.75) is 6.54 Å². The number of amides is 1. The summed E-state index contributed by atoms with van der Waals surface area (Å²) in [4.78, 5) is 25.2. The van der Waals surface area contributed by atoms with Crippen LogP contribution in [0.3, 0.4) is 0 Å². The number of piperazine rings is 1. The number of furan rings is 1. The lowest BCUT2D eigenvalue weighted by Crippen LogP contribution is -2.54. The molecule has 0 aliphatic carbocycles. The zero-order valence-electron chi connectivity index (χ0n) is 16.3. The van der Waals surface area contributed by atoms with Crippen LogP contribution in [0, 0.1) is 0 Å². The monoisotopic (exact) mass is 508 g/mol. The summed E-state index contributed by atoms with van der Waals surface area (Å²) in [6, 6.07) is 11.5. The molecule has 0 spiro atoms. The lowest BCUT2D eigenvalue weighted by Gasteiger charge is -2.36. The Hall–Kier alpha value is -2.56. The molecular formula is C20H25IN6O2. The second kappa shape index (κ2) is 9.77. The lowest BCUT2D eigenvalue weighted by atomic mass is 10.3. The second-order valence-corrected chi connectivity index (χ2v) is 6.66. The molecule has 3 aromatic rings. The van der Waals surface area contributed by atoms with Crippen molar-refractivity contribution >= 4 is 46.9 Å². The van der Waals surface area contributed by atoms with Crippen LogP contribution in [0.1, 0.15) is 10.6 Å². The predicted molar refractivity (Wildman–Crippen MR) is 123 cm³/mol. The normalized spacial score (nSPS) is 14.7. The minimum Gasteiger partial charge on any atom is -0.459 e. The van der Waals surface area contributed by atoms with Crippen molar-refractivity contribution in [3.05, 3.63) is 54.7 Å². The first kappa shape index (κ1) is 21.2. The Bertz CT molecular complexity index is 960. The van der Waals surface area contributed by atoms with Crippen molar-refractivity contribution < 1.29 is 9.21 Å². The highest BCUT2D eigenvalue weighted by molar-refractivity contribution is 14.0. The van der Waals surface area contributed by atoms with Crippen molar-refractivity contribution in [3.8, 4) is 0 Å². The van der Waals surface area contributed by atoms with E-state index in [1.165, 1.54) is 6.26 Å². The third-order valence-corrected chi connectivity index (χ3v) is 4.97. The van der Waals surface area contributed by atoms with Crippen LogP contribution in [0.25, 0.3) is 11.0 Å². The van der Waals surface area contributed by atoms with Gasteiger partial charge >= 0.3 is 0 Å². The molecule has 154 valence electrons. The van der Waals surface area contributed by atoms with E-state index in [-0.39, 0.29) is 29.9 Å². The van der Waals surface area contributed by atoms with Gasteiger partial charge in [-0.25, -0.2) is 4.98 Å². The number of hydrogen-bond donors (Lipinski definition) is 1. The van der Waals surface area contributed by atoms with Crippen LogP contribution in [-0.4, -0.2) is 71.0 Å². The maximum atomic E-state index is 12.4. The number of nitrogens with zero attached hydrogens (tertiary/aromatic N) is 5. The van der Waals surface area contributed by atoms with Crippen LogP contribution < -0.4 is 5.32 Å². The van der Waals surface area contributed by atoms with E-state index in [2.05, 4.69) is 30.8 Å². The van der Waals surface area contributed by atoms with E-state index in [1.54, 1.807) is 19.2 Å². The van der Waals surface area contributed by atoms with E-state index in [1.807, 2.05) is 29.4 Å². The third-order valence-electron chi connectivity index (χ3n) is 4.97. The van der Waals surface area contributed by atoms with Gasteiger partial charge < -0.3 is 24.1 Å². The Morgan fingerprint density at radius 1 is 1.14 bits per heavy atom. The number of aromatic nitrogens is 2. The highest BCUT2D eigenvalue weighted by atomic mass is 127. The number of para-hydroxylation sites is 2. The largest absolute Gasteiger partial charge is 0.459 e. The van der Waals surface area contributed by atoms with Gasteiger partial charge in [0.2, 0.25) is 0 Å². The van der Waals surface area contributed by atoms with Crippen LogP contribution >= 0.6 is 24.0 Å². The number of benzene rings is 1. The van der Waals surface area contributed by atoms with Crippen molar-refractivity contribution in [1.29, 1.82) is 0 Å². The maximum Gasteiger partial charge on any atom is 0.289 e. The number of carbonyl (C=O) groups excluding carboxylic acids is 1. The Labute approximate surface area is 186 Å². The number of hydrogen-bond acceptors (Lipinski definition) is 4. The summed E-state index contributed by atoms with van der Waals surface area (Å²) in [5.41, 5.74) is 2.13. The number of aliphatic imine (C=N–C) groups is 1. The molecule has 1 saturated heterocycles. The Balaban J connectivity index is 0.00000240. The third kappa shape index (κ3) is 4.72. The summed E-state index contributed by atoms with van der Waals surface area (Å²) in [5.74, 6) is 1.19.